The van der Waals surface area contributed by atoms with Gasteiger partial charge in [0.05, 0.1) is 33.0 Å². The van der Waals surface area contributed by atoms with Crippen molar-refractivity contribution in [2.45, 2.75) is 51.4 Å². The summed E-state index contributed by atoms with van der Waals surface area (Å²) in [5.74, 6) is 15.9. The normalized spacial score (nSPS) is 26.8. The number of amides is 3. The molecule has 0 aromatic heterocycles. The molecule has 4 aliphatic carbocycles. The molecule has 3 amide bonds. The van der Waals surface area contributed by atoms with Crippen LogP contribution in [-0.2, 0) is 18.9 Å². The minimum atomic E-state index is -0.597. The molecule has 0 unspecified atom stereocenters. The molecule has 4 aliphatic rings. The molecule has 42 heavy (non-hydrogen) atoms. The van der Waals surface area contributed by atoms with Crippen LogP contribution in [0, 0.1) is 59.2 Å². The van der Waals surface area contributed by atoms with Gasteiger partial charge in [0.2, 0.25) is 0 Å². The van der Waals surface area contributed by atoms with Crippen LogP contribution in [0.4, 0.5) is 14.4 Å². The van der Waals surface area contributed by atoms with Gasteiger partial charge in [-0.3, -0.25) is 0 Å². The van der Waals surface area contributed by atoms with E-state index in [2.05, 4.69) is 34.3 Å². The average Bonchev–Trinajstić information content (AvgIpc) is 3.82. The molecular weight excluding hydrogens is 542 g/mol. The molecule has 0 spiro atoms. The standard InChI is InChI=1S/C31H45N3O8/c35-17-18-39-19-20-40-31(38)34(15-13-32-29(36)41-21-27-23-9-5-1-2-6-10-24(23)27)16-14-33-30(37)42-22-28-25-11-7-3-4-8-12-26(25)28/h23-28,35H,5-22H2,(H,32,36)(H,33,37)/t23-,24+,25-,26+,27-,28-. The molecule has 11 heteroatoms. The second kappa shape index (κ2) is 17.1. The maximum Gasteiger partial charge on any atom is 0.409 e. The highest BCUT2D eigenvalue weighted by atomic mass is 16.6. The van der Waals surface area contributed by atoms with E-state index in [4.69, 9.17) is 24.1 Å². The minimum absolute atomic E-state index is 0.0177. The highest BCUT2D eigenvalue weighted by molar-refractivity contribution is 5.69. The van der Waals surface area contributed by atoms with Crippen LogP contribution in [0.1, 0.15) is 51.4 Å². The number of carbonyl (C=O) groups excluding carboxylic acids is 3. The third-order valence-electron chi connectivity index (χ3n) is 8.74. The van der Waals surface area contributed by atoms with Crippen LogP contribution in [-0.4, -0.2) is 94.1 Å². The number of nitrogens with one attached hydrogen (secondary N) is 2. The number of nitrogens with zero attached hydrogens (tertiary/aromatic N) is 1. The second-order valence-corrected chi connectivity index (χ2v) is 11.3. The van der Waals surface area contributed by atoms with Crippen LogP contribution < -0.4 is 10.6 Å². The Morgan fingerprint density at radius 1 is 0.667 bits per heavy atom. The maximum absolute atomic E-state index is 12.7. The predicted molar refractivity (Wildman–Crippen MR) is 153 cm³/mol. The highest BCUT2D eigenvalue weighted by Gasteiger charge is 2.50. The Balaban J connectivity index is 1.12. The summed E-state index contributed by atoms with van der Waals surface area (Å²) in [5.41, 5.74) is 0. The van der Waals surface area contributed by atoms with E-state index in [9.17, 15) is 14.4 Å². The number of fused-ring (bicyclic) bond motifs is 2. The molecule has 11 nitrogen and oxygen atoms in total. The quantitative estimate of drug-likeness (QED) is 0.151. The third kappa shape index (κ3) is 10.3. The van der Waals surface area contributed by atoms with Gasteiger partial charge in [0.25, 0.3) is 0 Å². The Morgan fingerprint density at radius 3 is 1.55 bits per heavy atom. The number of rotatable bonds is 15. The lowest BCUT2D eigenvalue weighted by Gasteiger charge is -2.22. The number of ether oxygens (including phenoxy) is 4. The topological polar surface area (TPSA) is 136 Å². The van der Waals surface area contributed by atoms with Gasteiger partial charge in [-0.05, 0) is 61.2 Å². The molecule has 2 saturated carbocycles. The molecule has 0 radical (unpaired) electrons. The minimum Gasteiger partial charge on any atom is -0.449 e. The largest absolute Gasteiger partial charge is 0.449 e. The van der Waals surface area contributed by atoms with Crippen molar-refractivity contribution < 1.29 is 38.4 Å². The summed E-state index contributed by atoms with van der Waals surface area (Å²) in [6.07, 6.45) is 6.26. The van der Waals surface area contributed by atoms with Crippen LogP contribution in [0.15, 0.2) is 0 Å². The van der Waals surface area contributed by atoms with E-state index >= 15 is 0 Å². The zero-order valence-electron chi connectivity index (χ0n) is 24.4. The van der Waals surface area contributed by atoms with E-state index in [1.165, 1.54) is 4.90 Å². The Morgan fingerprint density at radius 2 is 1.12 bits per heavy atom. The van der Waals surface area contributed by atoms with Crippen LogP contribution >= 0.6 is 0 Å². The molecule has 4 rings (SSSR count). The summed E-state index contributed by atoms with van der Waals surface area (Å²) in [6.45, 7) is 1.67. The Labute approximate surface area is 248 Å². The van der Waals surface area contributed by atoms with E-state index in [-0.39, 0.29) is 52.6 Å². The van der Waals surface area contributed by atoms with Gasteiger partial charge < -0.3 is 39.6 Å². The first-order valence-corrected chi connectivity index (χ1v) is 15.4. The predicted octanol–water partition coefficient (Wildman–Crippen LogP) is 2.77. The van der Waals surface area contributed by atoms with Crippen molar-refractivity contribution in [1.82, 2.24) is 15.5 Å². The lowest BCUT2D eigenvalue weighted by Crippen LogP contribution is -2.43. The van der Waals surface area contributed by atoms with E-state index in [0.717, 1.165) is 51.4 Å². The van der Waals surface area contributed by atoms with Gasteiger partial charge in [0.15, 0.2) is 0 Å². The Hall–Kier alpha value is -3.15. The zero-order chi connectivity index (χ0) is 29.6. The van der Waals surface area contributed by atoms with E-state index in [1.54, 1.807) is 0 Å². The third-order valence-corrected chi connectivity index (χ3v) is 8.74. The lowest BCUT2D eigenvalue weighted by molar-refractivity contribution is 0.0416. The number of hydrogen-bond donors (Lipinski definition) is 3. The highest BCUT2D eigenvalue weighted by Crippen LogP contribution is 2.53. The average molecular weight is 588 g/mol. The van der Waals surface area contributed by atoms with Crippen molar-refractivity contribution in [3.63, 3.8) is 0 Å². The molecule has 0 bridgehead atoms. The molecule has 0 aliphatic heterocycles. The van der Waals surface area contributed by atoms with E-state index in [1.807, 2.05) is 0 Å². The summed E-state index contributed by atoms with van der Waals surface area (Å²) in [6, 6.07) is 0. The molecular formula is C31H45N3O8. The molecule has 0 aromatic carbocycles. The van der Waals surface area contributed by atoms with Crippen LogP contribution in [0.2, 0.25) is 0 Å². The summed E-state index contributed by atoms with van der Waals surface area (Å²) in [5, 5.41) is 14.2. The Kier molecular flexibility index (Phi) is 12.9. The van der Waals surface area contributed by atoms with Gasteiger partial charge in [0, 0.05) is 51.9 Å². The van der Waals surface area contributed by atoms with Gasteiger partial charge in [-0.25, -0.2) is 14.4 Å². The monoisotopic (exact) mass is 587 g/mol. The number of aliphatic hydroxyl groups excluding tert-OH is 1. The van der Waals surface area contributed by atoms with E-state index < -0.39 is 18.3 Å². The van der Waals surface area contributed by atoms with Crippen molar-refractivity contribution in [3.05, 3.63) is 0 Å². The fourth-order valence-electron chi connectivity index (χ4n) is 6.34. The number of hydrogen-bond acceptors (Lipinski definition) is 8. The number of carbonyl (C=O) groups is 3. The number of aliphatic hydroxyl groups is 1. The van der Waals surface area contributed by atoms with Crippen molar-refractivity contribution in [3.8, 4) is 23.7 Å². The second-order valence-electron chi connectivity index (χ2n) is 11.3. The smallest absolute Gasteiger partial charge is 0.409 e. The van der Waals surface area contributed by atoms with Crippen molar-refractivity contribution in [2.75, 3.05) is 65.8 Å². The van der Waals surface area contributed by atoms with Gasteiger partial charge in [-0.2, -0.15) is 0 Å². The number of alkyl carbamates (subject to hydrolysis) is 2. The fraction of sp³-hybridized carbons (Fsp3) is 0.774. The van der Waals surface area contributed by atoms with Crippen molar-refractivity contribution in [1.29, 1.82) is 0 Å². The van der Waals surface area contributed by atoms with Crippen molar-refractivity contribution in [2.24, 2.45) is 35.5 Å². The maximum atomic E-state index is 12.7. The van der Waals surface area contributed by atoms with Crippen LogP contribution in [0.3, 0.4) is 0 Å². The van der Waals surface area contributed by atoms with Gasteiger partial charge in [-0.15, -0.1) is 23.7 Å². The summed E-state index contributed by atoms with van der Waals surface area (Å²) in [7, 11) is 0. The van der Waals surface area contributed by atoms with Gasteiger partial charge in [0.1, 0.15) is 6.61 Å². The van der Waals surface area contributed by atoms with E-state index in [0.29, 0.717) is 48.7 Å². The SMILES string of the molecule is O=C(NCCN(CCNC(=O)OC[C@@H]1[C@@H]2CCC#CCC[C@@H]21)C(=O)OCCOCCO)OC[C@@H]1[C@@H]2CCC#CCC[C@@H]21. The van der Waals surface area contributed by atoms with Crippen molar-refractivity contribution >= 4 is 18.3 Å². The molecule has 6 atom stereocenters. The molecule has 0 saturated heterocycles. The summed E-state index contributed by atoms with van der Waals surface area (Å²) in [4.78, 5) is 38.7. The molecule has 3 N–H and O–H groups in total. The first-order chi connectivity index (χ1) is 20.6. The zero-order valence-corrected chi connectivity index (χ0v) is 24.4. The Bertz CT molecular complexity index is 927. The van der Waals surface area contributed by atoms with Gasteiger partial charge in [-0.1, -0.05) is 0 Å². The summed E-state index contributed by atoms with van der Waals surface area (Å²) < 4.78 is 21.3. The molecule has 0 heterocycles. The lowest BCUT2D eigenvalue weighted by atomic mass is 10.1. The molecule has 232 valence electrons. The van der Waals surface area contributed by atoms with Crippen LogP contribution in [0.25, 0.3) is 0 Å². The summed E-state index contributed by atoms with van der Waals surface area (Å²) >= 11 is 0. The molecule has 2 fully saturated rings. The first-order valence-electron chi connectivity index (χ1n) is 15.4. The van der Waals surface area contributed by atoms with Gasteiger partial charge >= 0.3 is 18.3 Å². The fourth-order valence-corrected chi connectivity index (χ4v) is 6.34. The molecule has 0 aromatic rings. The first kappa shape index (κ1) is 31.8. The van der Waals surface area contributed by atoms with Crippen LogP contribution in [0.5, 0.6) is 0 Å².